The molecule has 0 bridgehead atoms. The number of ether oxygens (including phenoxy) is 1. The van der Waals surface area contributed by atoms with Crippen molar-refractivity contribution in [3.8, 4) is 5.75 Å². The summed E-state index contributed by atoms with van der Waals surface area (Å²) in [5, 5.41) is 8.94. The average molecular weight is 178 g/mol. The summed E-state index contributed by atoms with van der Waals surface area (Å²) in [6.45, 7) is 5.71. The lowest BCUT2D eigenvalue weighted by Crippen LogP contribution is -1.94. The molecule has 1 aromatic rings. The van der Waals surface area contributed by atoms with Crippen molar-refractivity contribution in [3.05, 3.63) is 35.9 Å². The van der Waals surface area contributed by atoms with Gasteiger partial charge in [0.15, 0.2) is 0 Å². The molecule has 0 saturated carbocycles. The van der Waals surface area contributed by atoms with E-state index in [1.807, 2.05) is 25.1 Å². The second kappa shape index (κ2) is 4.10. The SMILES string of the molecule is C=C(CO)c1cc(C)ccc1OC. The van der Waals surface area contributed by atoms with E-state index in [-0.39, 0.29) is 6.61 Å². The third kappa shape index (κ3) is 2.10. The normalized spacial score (nSPS) is 9.77. The predicted octanol–water partition coefficient (Wildman–Crippen LogP) is 2.01. The predicted molar refractivity (Wildman–Crippen MR) is 53.9 cm³/mol. The monoisotopic (exact) mass is 178 g/mol. The number of rotatable bonds is 3. The quantitative estimate of drug-likeness (QED) is 0.767. The highest BCUT2D eigenvalue weighted by Gasteiger charge is 2.05. The molecular formula is C11H14O2. The topological polar surface area (TPSA) is 29.5 Å². The number of aliphatic hydroxyl groups is 1. The molecule has 0 amide bonds. The van der Waals surface area contributed by atoms with Crippen LogP contribution in [0.2, 0.25) is 0 Å². The standard InChI is InChI=1S/C11H14O2/c1-8-4-5-11(13-3)10(6-8)9(2)7-12/h4-6,12H,2,7H2,1,3H3. The first-order valence-corrected chi connectivity index (χ1v) is 4.12. The molecule has 0 spiro atoms. The van der Waals surface area contributed by atoms with Crippen molar-refractivity contribution < 1.29 is 9.84 Å². The Morgan fingerprint density at radius 1 is 1.54 bits per heavy atom. The van der Waals surface area contributed by atoms with E-state index in [1.165, 1.54) is 0 Å². The number of methoxy groups -OCH3 is 1. The molecule has 0 heterocycles. The van der Waals surface area contributed by atoms with Crippen LogP contribution >= 0.6 is 0 Å². The number of hydrogen-bond donors (Lipinski definition) is 1. The van der Waals surface area contributed by atoms with Crippen LogP contribution in [0.15, 0.2) is 24.8 Å². The maximum atomic E-state index is 8.94. The van der Waals surface area contributed by atoms with Gasteiger partial charge in [0.1, 0.15) is 5.75 Å². The van der Waals surface area contributed by atoms with Gasteiger partial charge in [-0.25, -0.2) is 0 Å². The molecule has 0 aliphatic carbocycles. The molecule has 0 aliphatic heterocycles. The largest absolute Gasteiger partial charge is 0.496 e. The number of benzene rings is 1. The lowest BCUT2D eigenvalue weighted by molar-refractivity contribution is 0.349. The average Bonchev–Trinajstić information content (AvgIpc) is 2.16. The van der Waals surface area contributed by atoms with E-state index in [0.717, 1.165) is 16.9 Å². The second-order valence-corrected chi connectivity index (χ2v) is 2.97. The molecule has 0 fully saturated rings. The van der Waals surface area contributed by atoms with Crippen LogP contribution in [-0.2, 0) is 0 Å². The van der Waals surface area contributed by atoms with Crippen molar-refractivity contribution in [2.75, 3.05) is 13.7 Å². The van der Waals surface area contributed by atoms with Crippen molar-refractivity contribution in [1.29, 1.82) is 0 Å². The number of hydrogen-bond acceptors (Lipinski definition) is 2. The van der Waals surface area contributed by atoms with Crippen LogP contribution in [0.5, 0.6) is 5.75 Å². The molecule has 1 N–H and O–H groups in total. The highest BCUT2D eigenvalue weighted by atomic mass is 16.5. The Kier molecular flexibility index (Phi) is 3.09. The smallest absolute Gasteiger partial charge is 0.126 e. The third-order valence-corrected chi connectivity index (χ3v) is 1.93. The zero-order chi connectivity index (χ0) is 9.84. The van der Waals surface area contributed by atoms with Gasteiger partial charge in [-0.1, -0.05) is 18.2 Å². The Morgan fingerprint density at radius 3 is 2.77 bits per heavy atom. The molecule has 0 atom stereocenters. The summed E-state index contributed by atoms with van der Waals surface area (Å²) < 4.78 is 5.15. The molecular weight excluding hydrogens is 164 g/mol. The van der Waals surface area contributed by atoms with Gasteiger partial charge in [0.05, 0.1) is 13.7 Å². The molecule has 1 aromatic carbocycles. The van der Waals surface area contributed by atoms with Crippen LogP contribution in [0.4, 0.5) is 0 Å². The summed E-state index contributed by atoms with van der Waals surface area (Å²) >= 11 is 0. The maximum absolute atomic E-state index is 8.94. The first-order valence-electron chi connectivity index (χ1n) is 4.12. The molecule has 0 aliphatic rings. The van der Waals surface area contributed by atoms with Crippen molar-refractivity contribution in [2.45, 2.75) is 6.92 Å². The Labute approximate surface area is 78.5 Å². The van der Waals surface area contributed by atoms with Crippen LogP contribution in [0.3, 0.4) is 0 Å². The minimum Gasteiger partial charge on any atom is -0.496 e. The van der Waals surface area contributed by atoms with E-state index < -0.39 is 0 Å². The second-order valence-electron chi connectivity index (χ2n) is 2.97. The zero-order valence-electron chi connectivity index (χ0n) is 8.00. The minimum atomic E-state index is -0.0419. The molecule has 2 heteroatoms. The lowest BCUT2D eigenvalue weighted by Gasteiger charge is -2.09. The van der Waals surface area contributed by atoms with Gasteiger partial charge >= 0.3 is 0 Å². The first kappa shape index (κ1) is 9.81. The molecule has 0 aromatic heterocycles. The van der Waals surface area contributed by atoms with Crippen molar-refractivity contribution in [3.63, 3.8) is 0 Å². The van der Waals surface area contributed by atoms with Crippen molar-refractivity contribution in [1.82, 2.24) is 0 Å². The molecule has 0 radical (unpaired) electrons. The van der Waals surface area contributed by atoms with E-state index >= 15 is 0 Å². The molecule has 13 heavy (non-hydrogen) atoms. The van der Waals surface area contributed by atoms with Gasteiger partial charge in [0.2, 0.25) is 0 Å². The van der Waals surface area contributed by atoms with E-state index in [9.17, 15) is 0 Å². The molecule has 1 rings (SSSR count). The summed E-state index contributed by atoms with van der Waals surface area (Å²) in [5.74, 6) is 0.754. The summed E-state index contributed by atoms with van der Waals surface area (Å²) in [4.78, 5) is 0. The lowest BCUT2D eigenvalue weighted by atomic mass is 10.0. The van der Waals surface area contributed by atoms with Crippen LogP contribution in [0.25, 0.3) is 5.57 Å². The van der Waals surface area contributed by atoms with Gasteiger partial charge in [-0.2, -0.15) is 0 Å². The molecule has 0 saturated heterocycles. The highest BCUT2D eigenvalue weighted by Crippen LogP contribution is 2.25. The fraction of sp³-hybridized carbons (Fsp3) is 0.273. The van der Waals surface area contributed by atoms with Gasteiger partial charge in [-0.15, -0.1) is 0 Å². The molecule has 70 valence electrons. The fourth-order valence-corrected chi connectivity index (χ4v) is 1.18. The van der Waals surface area contributed by atoms with Gasteiger partial charge in [0.25, 0.3) is 0 Å². The maximum Gasteiger partial charge on any atom is 0.126 e. The van der Waals surface area contributed by atoms with E-state index in [4.69, 9.17) is 9.84 Å². The summed E-state index contributed by atoms with van der Waals surface area (Å²) in [5.41, 5.74) is 2.69. The van der Waals surface area contributed by atoms with Gasteiger partial charge in [0, 0.05) is 5.56 Å². The van der Waals surface area contributed by atoms with Crippen LogP contribution < -0.4 is 4.74 Å². The van der Waals surface area contributed by atoms with E-state index in [2.05, 4.69) is 6.58 Å². The number of aliphatic hydroxyl groups excluding tert-OH is 1. The summed E-state index contributed by atoms with van der Waals surface area (Å²) in [6.07, 6.45) is 0. The van der Waals surface area contributed by atoms with Crippen molar-refractivity contribution in [2.24, 2.45) is 0 Å². The third-order valence-electron chi connectivity index (χ3n) is 1.93. The molecule has 2 nitrogen and oxygen atoms in total. The Bertz CT molecular complexity index is 316. The van der Waals surface area contributed by atoms with Crippen LogP contribution in [0, 0.1) is 6.92 Å². The van der Waals surface area contributed by atoms with E-state index in [1.54, 1.807) is 7.11 Å². The Morgan fingerprint density at radius 2 is 2.23 bits per heavy atom. The van der Waals surface area contributed by atoms with Crippen LogP contribution in [0.1, 0.15) is 11.1 Å². The first-order chi connectivity index (χ1) is 6.19. The van der Waals surface area contributed by atoms with Crippen LogP contribution in [-0.4, -0.2) is 18.8 Å². The Hall–Kier alpha value is -1.28. The van der Waals surface area contributed by atoms with Gasteiger partial charge in [-0.05, 0) is 24.6 Å². The van der Waals surface area contributed by atoms with E-state index in [0.29, 0.717) is 5.57 Å². The number of aryl methyl sites for hydroxylation is 1. The van der Waals surface area contributed by atoms with Gasteiger partial charge in [-0.3, -0.25) is 0 Å². The zero-order valence-corrected chi connectivity index (χ0v) is 8.00. The summed E-state index contributed by atoms with van der Waals surface area (Å²) in [7, 11) is 1.61. The Balaban J connectivity index is 3.15. The summed E-state index contributed by atoms with van der Waals surface area (Å²) in [6, 6.07) is 5.80. The fourth-order valence-electron chi connectivity index (χ4n) is 1.18. The van der Waals surface area contributed by atoms with Crippen molar-refractivity contribution >= 4 is 5.57 Å². The molecule has 0 unspecified atom stereocenters. The minimum absolute atomic E-state index is 0.0419. The highest BCUT2D eigenvalue weighted by molar-refractivity contribution is 5.69. The van der Waals surface area contributed by atoms with Gasteiger partial charge < -0.3 is 9.84 Å².